The van der Waals surface area contributed by atoms with Crippen LogP contribution in [0.25, 0.3) is 11.3 Å². The molecule has 1 heterocycles. The van der Waals surface area contributed by atoms with Gasteiger partial charge in [-0.2, -0.15) is 4.98 Å². The quantitative estimate of drug-likeness (QED) is 0.632. The molecule has 0 fully saturated rings. The van der Waals surface area contributed by atoms with Gasteiger partial charge in [-0.05, 0) is 26.0 Å². The molecule has 2 aromatic carbocycles. The van der Waals surface area contributed by atoms with E-state index in [2.05, 4.69) is 34.4 Å². The van der Waals surface area contributed by atoms with E-state index in [4.69, 9.17) is 9.47 Å². The van der Waals surface area contributed by atoms with Gasteiger partial charge in [-0.15, -0.1) is 0 Å². The number of rotatable bonds is 7. The van der Waals surface area contributed by atoms with Gasteiger partial charge in [-0.1, -0.05) is 30.3 Å². The van der Waals surface area contributed by atoms with Gasteiger partial charge < -0.3 is 20.1 Å². The van der Waals surface area contributed by atoms with E-state index in [0.717, 1.165) is 22.7 Å². The van der Waals surface area contributed by atoms with Gasteiger partial charge in [0.1, 0.15) is 17.3 Å². The summed E-state index contributed by atoms with van der Waals surface area (Å²) in [6, 6.07) is 17.7. The van der Waals surface area contributed by atoms with Gasteiger partial charge in [0.25, 0.3) is 0 Å². The highest BCUT2D eigenvalue weighted by Gasteiger charge is 2.11. The van der Waals surface area contributed by atoms with E-state index < -0.39 is 0 Å². The number of hydrogen-bond donors (Lipinski definition) is 2. The molecule has 3 aromatic rings. The Morgan fingerprint density at radius 2 is 1.67 bits per heavy atom. The number of ether oxygens (including phenoxy) is 2. The number of anilines is 3. The molecule has 0 radical (unpaired) electrons. The minimum atomic E-state index is 0.218. The van der Waals surface area contributed by atoms with E-state index in [1.54, 1.807) is 14.2 Å². The molecule has 0 aliphatic carbocycles. The Kier molecular flexibility index (Phi) is 5.76. The zero-order chi connectivity index (χ0) is 19.2. The van der Waals surface area contributed by atoms with Crippen molar-refractivity contribution in [3.05, 3.63) is 54.6 Å². The van der Waals surface area contributed by atoms with E-state index in [0.29, 0.717) is 17.5 Å². The first kappa shape index (κ1) is 18.5. The average molecular weight is 364 g/mol. The molecule has 0 unspecified atom stereocenters. The largest absolute Gasteiger partial charge is 0.497 e. The highest BCUT2D eigenvalue weighted by Crippen LogP contribution is 2.32. The number of benzene rings is 2. The van der Waals surface area contributed by atoms with Gasteiger partial charge >= 0.3 is 0 Å². The van der Waals surface area contributed by atoms with Crippen molar-refractivity contribution < 1.29 is 9.47 Å². The molecule has 3 rings (SSSR count). The van der Waals surface area contributed by atoms with Crippen molar-refractivity contribution in [2.45, 2.75) is 19.9 Å². The minimum Gasteiger partial charge on any atom is -0.497 e. The molecule has 1 aromatic heterocycles. The molecule has 0 saturated heterocycles. The topological polar surface area (TPSA) is 68.3 Å². The fourth-order valence-electron chi connectivity index (χ4n) is 2.64. The highest BCUT2D eigenvalue weighted by molar-refractivity contribution is 5.71. The SMILES string of the molecule is COc1ccc(OC)c(Nc2cc(-c3ccccc3)nc(NC(C)C)n2)c1. The first-order valence-electron chi connectivity index (χ1n) is 8.79. The third-order valence-electron chi connectivity index (χ3n) is 3.88. The van der Waals surface area contributed by atoms with E-state index in [9.17, 15) is 0 Å². The Morgan fingerprint density at radius 3 is 2.33 bits per heavy atom. The summed E-state index contributed by atoms with van der Waals surface area (Å²) in [6.07, 6.45) is 0. The van der Waals surface area contributed by atoms with Crippen LogP contribution in [0.5, 0.6) is 11.5 Å². The fourth-order valence-corrected chi connectivity index (χ4v) is 2.64. The summed E-state index contributed by atoms with van der Waals surface area (Å²) in [5.74, 6) is 2.67. The maximum absolute atomic E-state index is 5.45. The van der Waals surface area contributed by atoms with E-state index in [-0.39, 0.29) is 6.04 Å². The van der Waals surface area contributed by atoms with Gasteiger partial charge in [-0.25, -0.2) is 4.98 Å². The third kappa shape index (κ3) is 4.67. The molecule has 6 heteroatoms. The van der Waals surface area contributed by atoms with Crippen LogP contribution in [0.15, 0.2) is 54.6 Å². The van der Waals surface area contributed by atoms with Gasteiger partial charge in [-0.3, -0.25) is 0 Å². The smallest absolute Gasteiger partial charge is 0.225 e. The molecule has 27 heavy (non-hydrogen) atoms. The lowest BCUT2D eigenvalue weighted by Gasteiger charge is -2.15. The van der Waals surface area contributed by atoms with Gasteiger partial charge in [0.05, 0.1) is 25.6 Å². The lowest BCUT2D eigenvalue weighted by atomic mass is 10.1. The minimum absolute atomic E-state index is 0.218. The molecule has 140 valence electrons. The lowest BCUT2D eigenvalue weighted by Crippen LogP contribution is -2.13. The molecule has 6 nitrogen and oxygen atoms in total. The van der Waals surface area contributed by atoms with Crippen LogP contribution in [0, 0.1) is 0 Å². The maximum atomic E-state index is 5.45. The van der Waals surface area contributed by atoms with Crippen LogP contribution in [0.2, 0.25) is 0 Å². The summed E-state index contributed by atoms with van der Waals surface area (Å²) in [6.45, 7) is 4.10. The Balaban J connectivity index is 2.02. The highest BCUT2D eigenvalue weighted by atomic mass is 16.5. The Morgan fingerprint density at radius 1 is 0.889 bits per heavy atom. The zero-order valence-corrected chi connectivity index (χ0v) is 16.0. The Labute approximate surface area is 159 Å². The van der Waals surface area contributed by atoms with Crippen molar-refractivity contribution in [1.82, 2.24) is 9.97 Å². The first-order chi connectivity index (χ1) is 13.1. The standard InChI is InChI=1S/C21H24N4O2/c1-14(2)22-21-24-17(15-8-6-5-7-9-15)13-20(25-21)23-18-12-16(26-3)10-11-19(18)27-4/h5-14H,1-4H3,(H2,22,23,24,25). The zero-order valence-electron chi connectivity index (χ0n) is 16.0. The van der Waals surface area contributed by atoms with Crippen LogP contribution in [0.3, 0.4) is 0 Å². The van der Waals surface area contributed by atoms with Gasteiger partial charge in [0.15, 0.2) is 0 Å². The number of nitrogens with zero attached hydrogens (tertiary/aromatic N) is 2. The predicted molar refractivity (Wildman–Crippen MR) is 109 cm³/mol. The maximum Gasteiger partial charge on any atom is 0.225 e. The second-order valence-electron chi connectivity index (χ2n) is 6.32. The molecule has 0 bridgehead atoms. The second-order valence-corrected chi connectivity index (χ2v) is 6.32. The van der Waals surface area contributed by atoms with Crippen molar-refractivity contribution in [3.8, 4) is 22.8 Å². The Hall–Kier alpha value is -3.28. The summed E-state index contributed by atoms with van der Waals surface area (Å²) >= 11 is 0. The molecule has 2 N–H and O–H groups in total. The van der Waals surface area contributed by atoms with Crippen molar-refractivity contribution >= 4 is 17.5 Å². The molecule has 0 aliphatic heterocycles. The summed E-state index contributed by atoms with van der Waals surface area (Å²) in [4.78, 5) is 9.24. The molecule has 0 atom stereocenters. The summed E-state index contributed by atoms with van der Waals surface area (Å²) in [5.41, 5.74) is 2.62. The van der Waals surface area contributed by atoms with Crippen molar-refractivity contribution in [2.24, 2.45) is 0 Å². The van der Waals surface area contributed by atoms with Crippen molar-refractivity contribution in [2.75, 3.05) is 24.9 Å². The van der Waals surface area contributed by atoms with Crippen molar-refractivity contribution in [1.29, 1.82) is 0 Å². The molecular formula is C21H24N4O2. The van der Waals surface area contributed by atoms with E-state index in [1.165, 1.54) is 0 Å². The summed E-state index contributed by atoms with van der Waals surface area (Å²) in [5, 5.41) is 6.60. The average Bonchev–Trinajstić information content (AvgIpc) is 2.68. The summed E-state index contributed by atoms with van der Waals surface area (Å²) < 4.78 is 10.8. The van der Waals surface area contributed by atoms with E-state index in [1.807, 2.05) is 54.6 Å². The van der Waals surface area contributed by atoms with Crippen LogP contribution < -0.4 is 20.1 Å². The number of methoxy groups -OCH3 is 2. The van der Waals surface area contributed by atoms with Crippen LogP contribution in [-0.2, 0) is 0 Å². The first-order valence-corrected chi connectivity index (χ1v) is 8.79. The molecule has 0 aliphatic rings. The van der Waals surface area contributed by atoms with E-state index >= 15 is 0 Å². The molecule has 0 amide bonds. The Bertz CT molecular complexity index is 898. The fraction of sp³-hybridized carbons (Fsp3) is 0.238. The number of aromatic nitrogens is 2. The third-order valence-corrected chi connectivity index (χ3v) is 3.88. The normalized spacial score (nSPS) is 10.6. The van der Waals surface area contributed by atoms with Gasteiger partial charge in [0, 0.05) is 23.7 Å². The van der Waals surface area contributed by atoms with Gasteiger partial charge in [0.2, 0.25) is 5.95 Å². The van der Waals surface area contributed by atoms with Crippen LogP contribution in [0.4, 0.5) is 17.5 Å². The number of nitrogens with one attached hydrogen (secondary N) is 2. The predicted octanol–water partition coefficient (Wildman–Crippen LogP) is 4.72. The molecule has 0 spiro atoms. The molecule has 0 saturated carbocycles. The van der Waals surface area contributed by atoms with Crippen molar-refractivity contribution in [3.63, 3.8) is 0 Å². The van der Waals surface area contributed by atoms with Crippen LogP contribution in [0.1, 0.15) is 13.8 Å². The monoisotopic (exact) mass is 364 g/mol. The lowest BCUT2D eigenvalue weighted by molar-refractivity contribution is 0.405. The summed E-state index contributed by atoms with van der Waals surface area (Å²) in [7, 11) is 3.27. The molecular weight excluding hydrogens is 340 g/mol. The van der Waals surface area contributed by atoms with Crippen LogP contribution >= 0.6 is 0 Å². The van der Waals surface area contributed by atoms with Crippen LogP contribution in [-0.4, -0.2) is 30.2 Å². The number of hydrogen-bond acceptors (Lipinski definition) is 6. The second kappa shape index (κ2) is 8.40.